The normalized spacial score (nSPS) is 10.1. The Morgan fingerprint density at radius 2 is 1.61 bits per heavy atom. The summed E-state index contributed by atoms with van der Waals surface area (Å²) < 4.78 is 0. The number of rotatable bonds is 8. The molecule has 0 spiro atoms. The second-order valence-electron chi connectivity index (χ2n) is 5.02. The second-order valence-corrected chi connectivity index (χ2v) is 6.06. The van der Waals surface area contributed by atoms with Crippen LogP contribution in [0.2, 0.25) is 0 Å². The lowest BCUT2D eigenvalue weighted by Gasteiger charge is -2.08. The van der Waals surface area contributed by atoms with Crippen molar-refractivity contribution in [2.75, 3.05) is 19.6 Å². The molecule has 0 saturated carbocycles. The van der Waals surface area contributed by atoms with Gasteiger partial charge >= 0.3 is 6.03 Å². The van der Waals surface area contributed by atoms with Gasteiger partial charge in [-0.2, -0.15) is 0 Å². The lowest BCUT2D eigenvalue weighted by atomic mass is 10.1. The fraction of sp³-hybridized carbons (Fsp3) is 0.294. The maximum atomic E-state index is 11.7. The molecule has 23 heavy (non-hydrogen) atoms. The topological polar surface area (TPSA) is 70.2 Å². The number of carbonyl (C=O) groups excluding carboxylic acids is 2. The fourth-order valence-electron chi connectivity index (χ4n) is 2.04. The fourth-order valence-corrected chi connectivity index (χ4v) is 2.75. The van der Waals surface area contributed by atoms with E-state index in [0.29, 0.717) is 26.1 Å². The van der Waals surface area contributed by atoms with Gasteiger partial charge in [0.15, 0.2) is 0 Å². The number of amides is 3. The summed E-state index contributed by atoms with van der Waals surface area (Å²) in [5, 5.41) is 10.3. The molecule has 2 aromatic rings. The predicted octanol–water partition coefficient (Wildman–Crippen LogP) is 1.95. The van der Waals surface area contributed by atoms with Crippen molar-refractivity contribution < 1.29 is 9.59 Å². The van der Waals surface area contributed by atoms with Gasteiger partial charge in [-0.1, -0.05) is 36.4 Å². The van der Waals surface area contributed by atoms with Crippen molar-refractivity contribution in [2.24, 2.45) is 0 Å². The molecule has 2 rings (SSSR count). The van der Waals surface area contributed by atoms with Gasteiger partial charge < -0.3 is 16.0 Å². The van der Waals surface area contributed by atoms with Crippen molar-refractivity contribution in [3.05, 3.63) is 58.3 Å². The Kier molecular flexibility index (Phi) is 7.13. The first-order valence-corrected chi connectivity index (χ1v) is 8.47. The number of hydrogen-bond acceptors (Lipinski definition) is 3. The number of thiophene rings is 1. The van der Waals surface area contributed by atoms with Crippen LogP contribution in [0, 0.1) is 0 Å². The minimum absolute atomic E-state index is 0.0453. The first-order chi connectivity index (χ1) is 11.2. The summed E-state index contributed by atoms with van der Waals surface area (Å²) in [4.78, 5) is 24.5. The van der Waals surface area contributed by atoms with Crippen molar-refractivity contribution in [3.63, 3.8) is 0 Å². The van der Waals surface area contributed by atoms with E-state index in [1.54, 1.807) is 11.3 Å². The zero-order valence-electron chi connectivity index (χ0n) is 12.9. The molecule has 0 fully saturated rings. The summed E-state index contributed by atoms with van der Waals surface area (Å²) in [6.45, 7) is 1.43. The lowest BCUT2D eigenvalue weighted by molar-refractivity contribution is -0.120. The summed E-state index contributed by atoms with van der Waals surface area (Å²) in [6.07, 6.45) is 1.19. The van der Waals surface area contributed by atoms with Crippen molar-refractivity contribution in [1.29, 1.82) is 0 Å². The molecule has 0 radical (unpaired) electrons. The van der Waals surface area contributed by atoms with E-state index in [4.69, 9.17) is 0 Å². The Bertz CT molecular complexity index is 600. The monoisotopic (exact) mass is 331 g/mol. The van der Waals surface area contributed by atoms with Crippen LogP contribution in [0.25, 0.3) is 0 Å². The highest BCUT2D eigenvalue weighted by Gasteiger charge is 2.03. The van der Waals surface area contributed by atoms with Gasteiger partial charge in [-0.25, -0.2) is 4.79 Å². The number of urea groups is 1. The molecule has 6 heteroatoms. The van der Waals surface area contributed by atoms with Gasteiger partial charge in [0.05, 0.1) is 6.42 Å². The SMILES string of the molecule is O=C(Cc1ccccc1)NCCNC(=O)NCCc1cccs1. The largest absolute Gasteiger partial charge is 0.354 e. The molecule has 1 aromatic heterocycles. The van der Waals surface area contributed by atoms with E-state index >= 15 is 0 Å². The molecule has 0 aliphatic heterocycles. The Morgan fingerprint density at radius 3 is 2.35 bits per heavy atom. The van der Waals surface area contributed by atoms with Crippen LogP contribution in [0.5, 0.6) is 0 Å². The van der Waals surface area contributed by atoms with Crippen LogP contribution >= 0.6 is 11.3 Å². The van der Waals surface area contributed by atoms with Crippen LogP contribution in [-0.2, 0) is 17.6 Å². The summed E-state index contributed by atoms with van der Waals surface area (Å²) >= 11 is 1.68. The molecule has 0 saturated heterocycles. The van der Waals surface area contributed by atoms with Crippen LogP contribution in [-0.4, -0.2) is 31.6 Å². The van der Waals surface area contributed by atoms with Gasteiger partial charge in [0.1, 0.15) is 0 Å². The Balaban J connectivity index is 1.51. The first-order valence-electron chi connectivity index (χ1n) is 7.59. The predicted molar refractivity (Wildman–Crippen MR) is 92.6 cm³/mol. The van der Waals surface area contributed by atoms with Gasteiger partial charge in [-0.05, 0) is 23.4 Å². The van der Waals surface area contributed by atoms with E-state index in [1.807, 2.05) is 47.8 Å². The zero-order valence-corrected chi connectivity index (χ0v) is 13.7. The van der Waals surface area contributed by atoms with Gasteiger partial charge in [0, 0.05) is 24.5 Å². The molecule has 0 atom stereocenters. The smallest absolute Gasteiger partial charge is 0.314 e. The minimum Gasteiger partial charge on any atom is -0.354 e. The summed E-state index contributed by atoms with van der Waals surface area (Å²) in [7, 11) is 0. The molecule has 0 aliphatic rings. The average Bonchev–Trinajstić information content (AvgIpc) is 3.06. The van der Waals surface area contributed by atoms with Crippen molar-refractivity contribution in [1.82, 2.24) is 16.0 Å². The number of carbonyl (C=O) groups is 2. The molecule has 122 valence electrons. The van der Waals surface area contributed by atoms with Crippen molar-refractivity contribution in [2.45, 2.75) is 12.8 Å². The van der Waals surface area contributed by atoms with Gasteiger partial charge in [0.2, 0.25) is 5.91 Å². The van der Waals surface area contributed by atoms with E-state index in [-0.39, 0.29) is 11.9 Å². The maximum absolute atomic E-state index is 11.7. The third kappa shape index (κ3) is 6.97. The van der Waals surface area contributed by atoms with E-state index in [1.165, 1.54) is 4.88 Å². The maximum Gasteiger partial charge on any atom is 0.314 e. The number of nitrogens with one attached hydrogen (secondary N) is 3. The third-order valence-corrected chi connectivity index (χ3v) is 4.11. The molecule has 3 N–H and O–H groups in total. The summed E-state index contributed by atoms with van der Waals surface area (Å²) in [5.74, 6) is -0.0453. The van der Waals surface area contributed by atoms with Crippen molar-refractivity contribution >= 4 is 23.3 Å². The van der Waals surface area contributed by atoms with E-state index in [2.05, 4.69) is 16.0 Å². The van der Waals surface area contributed by atoms with Crippen molar-refractivity contribution in [3.8, 4) is 0 Å². The van der Waals surface area contributed by atoms with Gasteiger partial charge in [0.25, 0.3) is 0 Å². The van der Waals surface area contributed by atoms with Crippen LogP contribution < -0.4 is 16.0 Å². The highest BCUT2D eigenvalue weighted by Crippen LogP contribution is 2.07. The molecule has 1 heterocycles. The lowest BCUT2D eigenvalue weighted by Crippen LogP contribution is -2.41. The Labute approximate surface area is 140 Å². The molecular weight excluding hydrogens is 310 g/mol. The standard InChI is InChI=1S/C17H21N3O2S/c21-16(13-14-5-2-1-3-6-14)18-10-11-20-17(22)19-9-8-15-7-4-12-23-15/h1-7,12H,8-11,13H2,(H,18,21)(H2,19,20,22). The van der Waals surface area contributed by atoms with E-state index < -0.39 is 0 Å². The Hall–Kier alpha value is -2.34. The van der Waals surface area contributed by atoms with Crippen LogP contribution in [0.4, 0.5) is 4.79 Å². The van der Waals surface area contributed by atoms with Crippen LogP contribution in [0.15, 0.2) is 47.8 Å². The third-order valence-electron chi connectivity index (χ3n) is 3.18. The highest BCUT2D eigenvalue weighted by atomic mass is 32.1. The van der Waals surface area contributed by atoms with Gasteiger partial charge in [-0.15, -0.1) is 11.3 Å². The molecule has 0 bridgehead atoms. The molecule has 0 unspecified atom stereocenters. The van der Waals surface area contributed by atoms with E-state index in [0.717, 1.165) is 12.0 Å². The Morgan fingerprint density at radius 1 is 0.870 bits per heavy atom. The molecule has 3 amide bonds. The minimum atomic E-state index is -0.209. The first kappa shape index (κ1) is 17.0. The van der Waals surface area contributed by atoms with Crippen LogP contribution in [0.3, 0.4) is 0 Å². The van der Waals surface area contributed by atoms with E-state index in [9.17, 15) is 9.59 Å². The van der Waals surface area contributed by atoms with Crippen LogP contribution in [0.1, 0.15) is 10.4 Å². The molecule has 1 aromatic carbocycles. The molecule has 5 nitrogen and oxygen atoms in total. The highest BCUT2D eigenvalue weighted by molar-refractivity contribution is 7.09. The number of benzene rings is 1. The zero-order chi connectivity index (χ0) is 16.3. The molecular formula is C17H21N3O2S. The second kappa shape index (κ2) is 9.63. The number of hydrogen-bond donors (Lipinski definition) is 3. The summed E-state index contributed by atoms with van der Waals surface area (Å²) in [5.41, 5.74) is 0.976. The average molecular weight is 331 g/mol. The molecule has 0 aliphatic carbocycles. The van der Waals surface area contributed by atoms with Gasteiger partial charge in [-0.3, -0.25) is 4.79 Å². The quantitative estimate of drug-likeness (QED) is 0.647. The summed E-state index contributed by atoms with van der Waals surface area (Å²) in [6, 6.07) is 13.4.